The van der Waals surface area contributed by atoms with E-state index in [2.05, 4.69) is 0 Å². The number of aromatic nitrogens is 1. The summed E-state index contributed by atoms with van der Waals surface area (Å²) in [6, 6.07) is 9.45. The summed E-state index contributed by atoms with van der Waals surface area (Å²) < 4.78 is 7.09. The van der Waals surface area contributed by atoms with Crippen LogP contribution in [0.2, 0.25) is 0 Å². The second-order valence-corrected chi connectivity index (χ2v) is 5.06. The molecule has 0 saturated carbocycles. The number of methoxy groups -OCH3 is 1. The zero-order valence-electron chi connectivity index (χ0n) is 12.2. The first-order valence-corrected chi connectivity index (χ1v) is 6.55. The molecule has 1 aromatic carbocycles. The van der Waals surface area contributed by atoms with Crippen LogP contribution < -0.4 is 4.74 Å². The van der Waals surface area contributed by atoms with Gasteiger partial charge in [0.1, 0.15) is 11.4 Å². The summed E-state index contributed by atoms with van der Waals surface area (Å²) in [5.74, 6) is -0.0787. The van der Waals surface area contributed by atoms with Crippen molar-refractivity contribution >= 4 is 5.97 Å². The summed E-state index contributed by atoms with van der Waals surface area (Å²) >= 11 is 0. The number of hydrogen-bond donors (Lipinski definition) is 1. The van der Waals surface area contributed by atoms with Crippen LogP contribution in [0, 0.1) is 6.92 Å². The fourth-order valence-corrected chi connectivity index (χ4v) is 2.45. The molecule has 0 unspecified atom stereocenters. The molecule has 0 atom stereocenters. The number of aryl methyl sites for hydroxylation is 1. The molecule has 0 fully saturated rings. The first kappa shape index (κ1) is 14.2. The standard InChI is InChI=1S/C16H19NO3/c1-10(2)17-13(6-7-14(17)16(18)19)12-5-8-15(20-4)11(3)9-12/h5-10H,1-4H3,(H,18,19). The third-order valence-electron chi connectivity index (χ3n) is 3.34. The summed E-state index contributed by atoms with van der Waals surface area (Å²) in [7, 11) is 1.64. The van der Waals surface area contributed by atoms with Crippen LogP contribution in [0.5, 0.6) is 5.75 Å². The highest BCUT2D eigenvalue weighted by Crippen LogP contribution is 2.30. The van der Waals surface area contributed by atoms with Crippen LogP contribution in [0.4, 0.5) is 0 Å². The summed E-state index contributed by atoms with van der Waals surface area (Å²) in [5, 5.41) is 9.27. The average Bonchev–Trinajstić information content (AvgIpc) is 2.83. The van der Waals surface area contributed by atoms with Crippen molar-refractivity contribution in [2.75, 3.05) is 7.11 Å². The lowest BCUT2D eigenvalue weighted by molar-refractivity contribution is 0.0683. The topological polar surface area (TPSA) is 51.5 Å². The summed E-state index contributed by atoms with van der Waals surface area (Å²) in [6.07, 6.45) is 0. The van der Waals surface area contributed by atoms with Gasteiger partial charge in [-0.25, -0.2) is 4.79 Å². The van der Waals surface area contributed by atoms with Crippen LogP contribution >= 0.6 is 0 Å². The number of rotatable bonds is 4. The van der Waals surface area contributed by atoms with Crippen LogP contribution in [0.15, 0.2) is 30.3 Å². The molecule has 0 saturated heterocycles. The summed E-state index contributed by atoms with van der Waals surface area (Å²) in [5.41, 5.74) is 3.23. The molecule has 106 valence electrons. The number of hydrogen-bond acceptors (Lipinski definition) is 2. The van der Waals surface area contributed by atoms with Gasteiger partial charge in [-0.2, -0.15) is 0 Å². The maximum atomic E-state index is 11.3. The molecule has 1 heterocycles. The molecule has 1 N–H and O–H groups in total. The zero-order chi connectivity index (χ0) is 14.9. The van der Waals surface area contributed by atoms with Gasteiger partial charge < -0.3 is 14.4 Å². The molecule has 0 amide bonds. The van der Waals surface area contributed by atoms with E-state index in [1.165, 1.54) is 0 Å². The molecule has 1 aromatic heterocycles. The minimum absolute atomic E-state index is 0.0773. The molecule has 20 heavy (non-hydrogen) atoms. The van der Waals surface area contributed by atoms with Crippen molar-refractivity contribution in [2.45, 2.75) is 26.8 Å². The fraction of sp³-hybridized carbons (Fsp3) is 0.312. The number of carbonyl (C=O) groups is 1. The van der Waals surface area contributed by atoms with Gasteiger partial charge >= 0.3 is 5.97 Å². The lowest BCUT2D eigenvalue weighted by Gasteiger charge is -2.16. The van der Waals surface area contributed by atoms with Gasteiger partial charge in [0.2, 0.25) is 0 Å². The largest absolute Gasteiger partial charge is 0.496 e. The van der Waals surface area contributed by atoms with E-state index in [1.54, 1.807) is 13.2 Å². The van der Waals surface area contributed by atoms with E-state index in [-0.39, 0.29) is 6.04 Å². The molecule has 0 aliphatic rings. The van der Waals surface area contributed by atoms with E-state index in [9.17, 15) is 9.90 Å². The number of nitrogens with zero attached hydrogens (tertiary/aromatic N) is 1. The number of aromatic carboxylic acids is 1. The van der Waals surface area contributed by atoms with Crippen LogP contribution in [0.3, 0.4) is 0 Å². The molecule has 0 spiro atoms. The van der Waals surface area contributed by atoms with Gasteiger partial charge in [-0.1, -0.05) is 0 Å². The molecule has 0 aliphatic heterocycles. The lowest BCUT2D eigenvalue weighted by Crippen LogP contribution is -2.11. The normalized spacial score (nSPS) is 10.8. The lowest BCUT2D eigenvalue weighted by atomic mass is 10.1. The van der Waals surface area contributed by atoms with Crippen LogP contribution in [-0.4, -0.2) is 22.8 Å². The number of benzene rings is 1. The Morgan fingerprint density at radius 1 is 1.25 bits per heavy atom. The first-order valence-electron chi connectivity index (χ1n) is 6.55. The van der Waals surface area contributed by atoms with E-state index in [0.29, 0.717) is 5.69 Å². The highest BCUT2D eigenvalue weighted by Gasteiger charge is 2.17. The smallest absolute Gasteiger partial charge is 0.352 e. The second-order valence-electron chi connectivity index (χ2n) is 5.06. The van der Waals surface area contributed by atoms with Crippen molar-refractivity contribution in [3.63, 3.8) is 0 Å². The van der Waals surface area contributed by atoms with Crippen molar-refractivity contribution in [1.29, 1.82) is 0 Å². The van der Waals surface area contributed by atoms with E-state index < -0.39 is 5.97 Å². The van der Waals surface area contributed by atoms with E-state index in [4.69, 9.17) is 4.74 Å². The Bertz CT molecular complexity index is 641. The third kappa shape index (κ3) is 2.41. The van der Waals surface area contributed by atoms with Gasteiger partial charge in [0.15, 0.2) is 0 Å². The number of carboxylic acid groups (broad SMARTS) is 1. The van der Waals surface area contributed by atoms with Gasteiger partial charge in [-0.15, -0.1) is 0 Å². The zero-order valence-corrected chi connectivity index (χ0v) is 12.2. The Balaban J connectivity index is 2.58. The SMILES string of the molecule is COc1ccc(-c2ccc(C(=O)O)n2C(C)C)cc1C. The minimum Gasteiger partial charge on any atom is -0.496 e. The molecule has 2 rings (SSSR count). The monoisotopic (exact) mass is 273 g/mol. The quantitative estimate of drug-likeness (QED) is 0.923. The maximum Gasteiger partial charge on any atom is 0.352 e. The van der Waals surface area contributed by atoms with Crippen LogP contribution in [0.25, 0.3) is 11.3 Å². The van der Waals surface area contributed by atoms with Gasteiger partial charge in [0, 0.05) is 11.7 Å². The molecule has 0 aliphatic carbocycles. The highest BCUT2D eigenvalue weighted by atomic mass is 16.5. The summed E-state index contributed by atoms with van der Waals surface area (Å²) in [4.78, 5) is 11.3. The Morgan fingerprint density at radius 2 is 1.95 bits per heavy atom. The highest BCUT2D eigenvalue weighted by molar-refractivity contribution is 5.87. The van der Waals surface area contributed by atoms with Crippen molar-refractivity contribution in [1.82, 2.24) is 4.57 Å². The molecular weight excluding hydrogens is 254 g/mol. The average molecular weight is 273 g/mol. The van der Waals surface area contributed by atoms with Gasteiger partial charge in [-0.3, -0.25) is 0 Å². The molecular formula is C16H19NO3. The van der Waals surface area contributed by atoms with Crippen molar-refractivity contribution in [2.24, 2.45) is 0 Å². The Kier molecular flexibility index (Phi) is 3.84. The van der Waals surface area contributed by atoms with Crippen molar-refractivity contribution in [3.8, 4) is 17.0 Å². The molecule has 0 bridgehead atoms. The molecule has 2 aromatic rings. The van der Waals surface area contributed by atoms with Crippen molar-refractivity contribution < 1.29 is 14.6 Å². The second kappa shape index (κ2) is 5.41. The Morgan fingerprint density at radius 3 is 2.45 bits per heavy atom. The van der Waals surface area contributed by atoms with Crippen LogP contribution in [0.1, 0.15) is 35.9 Å². The molecule has 4 nitrogen and oxygen atoms in total. The molecule has 0 radical (unpaired) electrons. The molecule has 4 heteroatoms. The van der Waals surface area contributed by atoms with Gasteiger partial charge in [0.25, 0.3) is 0 Å². The Hall–Kier alpha value is -2.23. The van der Waals surface area contributed by atoms with Gasteiger partial charge in [-0.05, 0) is 62.2 Å². The summed E-state index contributed by atoms with van der Waals surface area (Å²) in [6.45, 7) is 5.93. The predicted octanol–water partition coefficient (Wildman–Crippen LogP) is 3.75. The fourth-order valence-electron chi connectivity index (χ4n) is 2.45. The van der Waals surface area contributed by atoms with Gasteiger partial charge in [0.05, 0.1) is 7.11 Å². The number of carboxylic acids is 1. The van der Waals surface area contributed by atoms with E-state index >= 15 is 0 Å². The van der Waals surface area contributed by atoms with Crippen molar-refractivity contribution in [3.05, 3.63) is 41.6 Å². The first-order chi connectivity index (χ1) is 9.45. The maximum absolute atomic E-state index is 11.3. The van der Waals surface area contributed by atoms with Crippen LogP contribution in [-0.2, 0) is 0 Å². The van der Waals surface area contributed by atoms with E-state index in [1.807, 2.05) is 49.6 Å². The third-order valence-corrected chi connectivity index (χ3v) is 3.34. The minimum atomic E-state index is -0.907. The predicted molar refractivity (Wildman–Crippen MR) is 78.5 cm³/mol. The van der Waals surface area contributed by atoms with E-state index in [0.717, 1.165) is 22.6 Å². The Labute approximate surface area is 118 Å². The number of ether oxygens (including phenoxy) is 1.